The molecule has 1 spiro atoms. The van der Waals surface area contributed by atoms with Crippen LogP contribution in [0, 0.1) is 5.92 Å². The predicted octanol–water partition coefficient (Wildman–Crippen LogP) is 3.22. The second kappa shape index (κ2) is 7.04. The Balaban J connectivity index is 1.65. The van der Waals surface area contributed by atoms with Crippen LogP contribution < -0.4 is 4.74 Å². The van der Waals surface area contributed by atoms with Gasteiger partial charge in [0.2, 0.25) is 0 Å². The highest BCUT2D eigenvalue weighted by Gasteiger charge is 2.38. The van der Waals surface area contributed by atoms with Crippen molar-refractivity contribution >= 4 is 0 Å². The molecule has 0 bridgehead atoms. The molecule has 1 saturated heterocycles. The molecule has 3 rings (SSSR count). The standard InChI is InChI=1S/C19H26O4/c1-14(11-15-3-4-18(21-2)17(12-15)13-20)16-5-7-19(8-6-16)22-9-10-23-19/h3-5,12,14,20H,6-11,13H2,1-2H3. The second-order valence-corrected chi connectivity index (χ2v) is 6.50. The lowest BCUT2D eigenvalue weighted by Gasteiger charge is -2.32. The number of benzene rings is 1. The van der Waals surface area contributed by atoms with Crippen LogP contribution in [-0.2, 0) is 22.5 Å². The molecular weight excluding hydrogens is 292 g/mol. The van der Waals surface area contributed by atoms with E-state index in [1.54, 1.807) is 7.11 Å². The summed E-state index contributed by atoms with van der Waals surface area (Å²) in [6, 6.07) is 6.07. The van der Waals surface area contributed by atoms with E-state index in [0.29, 0.717) is 19.1 Å². The van der Waals surface area contributed by atoms with E-state index in [0.717, 1.165) is 37.0 Å². The van der Waals surface area contributed by atoms with Crippen LogP contribution in [0.3, 0.4) is 0 Å². The minimum Gasteiger partial charge on any atom is -0.496 e. The summed E-state index contributed by atoms with van der Waals surface area (Å²) >= 11 is 0. The fraction of sp³-hybridized carbons (Fsp3) is 0.579. The van der Waals surface area contributed by atoms with Gasteiger partial charge in [-0.25, -0.2) is 0 Å². The summed E-state index contributed by atoms with van der Waals surface area (Å²) in [4.78, 5) is 0. The van der Waals surface area contributed by atoms with Crippen LogP contribution in [0.2, 0.25) is 0 Å². The molecule has 2 aliphatic rings. The number of hydrogen-bond acceptors (Lipinski definition) is 4. The smallest absolute Gasteiger partial charge is 0.172 e. The predicted molar refractivity (Wildman–Crippen MR) is 88.4 cm³/mol. The second-order valence-electron chi connectivity index (χ2n) is 6.50. The van der Waals surface area contributed by atoms with Gasteiger partial charge in [-0.3, -0.25) is 0 Å². The van der Waals surface area contributed by atoms with Crippen molar-refractivity contribution in [3.63, 3.8) is 0 Å². The first-order chi connectivity index (χ1) is 11.2. The maximum absolute atomic E-state index is 9.46. The summed E-state index contributed by atoms with van der Waals surface area (Å²) in [7, 11) is 1.63. The van der Waals surface area contributed by atoms with Crippen molar-refractivity contribution < 1.29 is 19.3 Å². The van der Waals surface area contributed by atoms with Gasteiger partial charge in [-0.15, -0.1) is 0 Å². The molecule has 0 aromatic heterocycles. The molecular formula is C19H26O4. The highest BCUT2D eigenvalue weighted by atomic mass is 16.7. The number of methoxy groups -OCH3 is 1. The van der Waals surface area contributed by atoms with Crippen LogP contribution in [-0.4, -0.2) is 31.2 Å². The normalized spacial score (nSPS) is 21.3. The molecule has 4 heteroatoms. The number of rotatable bonds is 5. The number of allylic oxidation sites excluding steroid dienone is 1. The first-order valence-corrected chi connectivity index (χ1v) is 8.39. The Morgan fingerprint density at radius 2 is 2.09 bits per heavy atom. The zero-order chi connectivity index (χ0) is 16.3. The maximum Gasteiger partial charge on any atom is 0.172 e. The third-order valence-corrected chi connectivity index (χ3v) is 4.97. The first kappa shape index (κ1) is 16.5. The van der Waals surface area contributed by atoms with E-state index in [1.165, 1.54) is 11.1 Å². The van der Waals surface area contributed by atoms with Gasteiger partial charge in [0.15, 0.2) is 5.79 Å². The summed E-state index contributed by atoms with van der Waals surface area (Å²) in [6.07, 6.45) is 6.11. The van der Waals surface area contributed by atoms with Crippen LogP contribution in [0.1, 0.15) is 37.3 Å². The van der Waals surface area contributed by atoms with Gasteiger partial charge < -0.3 is 19.3 Å². The molecule has 0 saturated carbocycles. The molecule has 1 heterocycles. The highest BCUT2D eigenvalue weighted by Crippen LogP contribution is 2.37. The Morgan fingerprint density at radius 3 is 2.70 bits per heavy atom. The topological polar surface area (TPSA) is 47.9 Å². The molecule has 23 heavy (non-hydrogen) atoms. The number of hydrogen-bond donors (Lipinski definition) is 1. The summed E-state index contributed by atoms with van der Waals surface area (Å²) < 4.78 is 16.8. The SMILES string of the molecule is COc1ccc(CC(C)C2=CCC3(CC2)OCCO3)cc1CO. The Hall–Kier alpha value is -1.36. The monoisotopic (exact) mass is 318 g/mol. The van der Waals surface area contributed by atoms with E-state index in [-0.39, 0.29) is 12.4 Å². The summed E-state index contributed by atoms with van der Waals surface area (Å²) in [5, 5.41) is 9.46. The van der Waals surface area contributed by atoms with Crippen LogP contribution in [0.15, 0.2) is 29.8 Å². The van der Waals surface area contributed by atoms with Gasteiger partial charge in [-0.1, -0.05) is 24.6 Å². The van der Waals surface area contributed by atoms with Crippen LogP contribution in [0.5, 0.6) is 5.75 Å². The third kappa shape index (κ3) is 3.60. The Labute approximate surface area is 138 Å². The summed E-state index contributed by atoms with van der Waals surface area (Å²) in [5.74, 6) is 0.889. The van der Waals surface area contributed by atoms with Crippen molar-refractivity contribution in [2.75, 3.05) is 20.3 Å². The number of aliphatic hydroxyl groups is 1. The molecule has 1 unspecified atom stereocenters. The fourth-order valence-electron chi connectivity index (χ4n) is 3.60. The number of ether oxygens (including phenoxy) is 3. The van der Waals surface area contributed by atoms with Crippen molar-refractivity contribution in [2.24, 2.45) is 5.92 Å². The lowest BCUT2D eigenvalue weighted by atomic mass is 9.84. The molecule has 1 N–H and O–H groups in total. The van der Waals surface area contributed by atoms with Crippen LogP contribution in [0.4, 0.5) is 0 Å². The van der Waals surface area contributed by atoms with Crippen molar-refractivity contribution in [2.45, 2.75) is 45.0 Å². The Bertz CT molecular complexity index is 573. The zero-order valence-electron chi connectivity index (χ0n) is 14.0. The first-order valence-electron chi connectivity index (χ1n) is 8.39. The lowest BCUT2D eigenvalue weighted by molar-refractivity contribution is -0.161. The third-order valence-electron chi connectivity index (χ3n) is 4.97. The molecule has 1 aliphatic carbocycles. The van der Waals surface area contributed by atoms with Crippen molar-refractivity contribution in [1.82, 2.24) is 0 Å². The Kier molecular flexibility index (Phi) is 5.05. The lowest BCUT2D eigenvalue weighted by Crippen LogP contribution is -2.32. The van der Waals surface area contributed by atoms with Crippen LogP contribution >= 0.6 is 0 Å². The van der Waals surface area contributed by atoms with Gasteiger partial charge >= 0.3 is 0 Å². The van der Waals surface area contributed by atoms with Gasteiger partial charge in [0.25, 0.3) is 0 Å². The molecule has 0 radical (unpaired) electrons. The molecule has 1 aliphatic heterocycles. The molecule has 1 fully saturated rings. The minimum absolute atomic E-state index is 0.00525. The van der Waals surface area contributed by atoms with Crippen molar-refractivity contribution in [3.05, 3.63) is 41.0 Å². The molecule has 126 valence electrons. The fourth-order valence-corrected chi connectivity index (χ4v) is 3.60. The van der Waals surface area contributed by atoms with Crippen molar-refractivity contribution in [1.29, 1.82) is 0 Å². The molecule has 1 aromatic carbocycles. The van der Waals surface area contributed by atoms with E-state index in [2.05, 4.69) is 19.1 Å². The highest BCUT2D eigenvalue weighted by molar-refractivity contribution is 5.37. The molecule has 1 aromatic rings. The quantitative estimate of drug-likeness (QED) is 0.847. The Morgan fingerprint density at radius 1 is 1.30 bits per heavy atom. The zero-order valence-corrected chi connectivity index (χ0v) is 14.0. The molecule has 4 nitrogen and oxygen atoms in total. The average Bonchev–Trinajstić information content (AvgIpc) is 3.03. The number of aliphatic hydroxyl groups excluding tert-OH is 1. The van der Waals surface area contributed by atoms with Gasteiger partial charge in [0, 0.05) is 18.4 Å². The van der Waals surface area contributed by atoms with E-state index in [9.17, 15) is 5.11 Å². The van der Waals surface area contributed by atoms with E-state index >= 15 is 0 Å². The largest absolute Gasteiger partial charge is 0.496 e. The minimum atomic E-state index is -0.340. The van der Waals surface area contributed by atoms with Gasteiger partial charge in [0.1, 0.15) is 5.75 Å². The maximum atomic E-state index is 9.46. The van der Waals surface area contributed by atoms with E-state index in [1.807, 2.05) is 12.1 Å². The average molecular weight is 318 g/mol. The molecule has 1 atom stereocenters. The van der Waals surface area contributed by atoms with Gasteiger partial charge in [0.05, 0.1) is 26.9 Å². The van der Waals surface area contributed by atoms with Crippen molar-refractivity contribution in [3.8, 4) is 5.75 Å². The van der Waals surface area contributed by atoms with Crippen LogP contribution in [0.25, 0.3) is 0 Å². The summed E-state index contributed by atoms with van der Waals surface area (Å²) in [6.45, 7) is 3.71. The molecule has 0 amide bonds. The van der Waals surface area contributed by atoms with Gasteiger partial charge in [-0.2, -0.15) is 0 Å². The van der Waals surface area contributed by atoms with E-state index in [4.69, 9.17) is 14.2 Å². The van der Waals surface area contributed by atoms with E-state index < -0.39 is 0 Å². The van der Waals surface area contributed by atoms with Gasteiger partial charge in [-0.05, 0) is 36.5 Å². The summed E-state index contributed by atoms with van der Waals surface area (Å²) in [5.41, 5.74) is 3.56.